The molecule has 0 spiro atoms. The van der Waals surface area contributed by atoms with E-state index in [1.807, 2.05) is 38.1 Å². The van der Waals surface area contributed by atoms with Crippen molar-refractivity contribution in [1.82, 2.24) is 0 Å². The lowest BCUT2D eigenvalue weighted by Crippen LogP contribution is -2.07. The highest BCUT2D eigenvalue weighted by atomic mass is 35.5. The first-order valence-electron chi connectivity index (χ1n) is 4.29. The molecule has 0 aliphatic heterocycles. The van der Waals surface area contributed by atoms with Gasteiger partial charge in [-0.3, -0.25) is 0 Å². The molecule has 0 saturated heterocycles. The Morgan fingerprint density at radius 2 is 2.08 bits per heavy atom. The third kappa shape index (κ3) is 3.15. The highest BCUT2D eigenvalue weighted by Gasteiger charge is 2.02. The van der Waals surface area contributed by atoms with Crippen molar-refractivity contribution < 1.29 is 4.74 Å². The molecule has 0 radical (unpaired) electrons. The average Bonchev–Trinajstić information content (AvgIpc) is 2.08. The number of hydrogen-bond donors (Lipinski definition) is 1. The van der Waals surface area contributed by atoms with Crippen LogP contribution < -0.4 is 10.1 Å². The normalized spacial score (nSPS) is 10.2. The summed E-state index contributed by atoms with van der Waals surface area (Å²) in [7, 11) is 0. The molecule has 3 heteroatoms. The van der Waals surface area contributed by atoms with Crippen LogP contribution in [0, 0.1) is 0 Å². The fraction of sp³-hybridized carbons (Fsp3) is 0.400. The van der Waals surface area contributed by atoms with E-state index in [0.29, 0.717) is 6.00 Å². The number of nitrogens with one attached hydrogen (secondary N) is 1. The Balaban J connectivity index is 2.78. The van der Waals surface area contributed by atoms with Crippen LogP contribution in [0.2, 0.25) is 0 Å². The maximum absolute atomic E-state index is 5.58. The van der Waals surface area contributed by atoms with Gasteiger partial charge in [0, 0.05) is 0 Å². The molecule has 0 atom stereocenters. The molecular weight excluding hydrogens is 186 g/mol. The summed E-state index contributed by atoms with van der Waals surface area (Å²) in [5.74, 6) is 0.846. The van der Waals surface area contributed by atoms with Gasteiger partial charge < -0.3 is 10.1 Å². The number of benzene rings is 1. The zero-order chi connectivity index (χ0) is 9.68. The Morgan fingerprint density at radius 3 is 2.69 bits per heavy atom. The van der Waals surface area contributed by atoms with Gasteiger partial charge >= 0.3 is 0 Å². The van der Waals surface area contributed by atoms with E-state index in [-0.39, 0.29) is 6.10 Å². The number of para-hydroxylation sites is 2. The first kappa shape index (κ1) is 10.2. The van der Waals surface area contributed by atoms with E-state index in [1.165, 1.54) is 0 Å². The molecule has 13 heavy (non-hydrogen) atoms. The average molecular weight is 200 g/mol. The molecule has 1 N–H and O–H groups in total. The maximum atomic E-state index is 5.58. The van der Waals surface area contributed by atoms with Crippen LogP contribution in [0.5, 0.6) is 5.75 Å². The van der Waals surface area contributed by atoms with Crippen molar-refractivity contribution in [3.05, 3.63) is 24.3 Å². The van der Waals surface area contributed by atoms with Gasteiger partial charge in [0.25, 0.3) is 0 Å². The van der Waals surface area contributed by atoms with Crippen molar-refractivity contribution in [2.75, 3.05) is 11.3 Å². The summed E-state index contributed by atoms with van der Waals surface area (Å²) in [5.41, 5.74) is 0.936. The van der Waals surface area contributed by atoms with Crippen LogP contribution in [-0.2, 0) is 0 Å². The number of anilines is 1. The molecule has 1 aromatic rings. The van der Waals surface area contributed by atoms with E-state index in [4.69, 9.17) is 16.3 Å². The third-order valence-electron chi connectivity index (χ3n) is 1.51. The summed E-state index contributed by atoms with van der Waals surface area (Å²) >= 11 is 5.58. The number of rotatable bonds is 4. The van der Waals surface area contributed by atoms with Gasteiger partial charge in [-0.15, -0.1) is 11.6 Å². The molecule has 0 heterocycles. The van der Waals surface area contributed by atoms with Gasteiger partial charge in [-0.25, -0.2) is 0 Å². The minimum atomic E-state index is 0.179. The molecule has 0 aliphatic carbocycles. The summed E-state index contributed by atoms with van der Waals surface area (Å²) in [5, 5.41) is 3.02. The third-order valence-corrected chi connectivity index (χ3v) is 1.64. The monoisotopic (exact) mass is 199 g/mol. The molecule has 0 aliphatic rings. The van der Waals surface area contributed by atoms with Crippen LogP contribution in [0.1, 0.15) is 13.8 Å². The van der Waals surface area contributed by atoms with E-state index < -0.39 is 0 Å². The highest BCUT2D eigenvalue weighted by Crippen LogP contribution is 2.24. The summed E-state index contributed by atoms with van der Waals surface area (Å²) in [4.78, 5) is 0. The molecule has 1 rings (SSSR count). The molecule has 0 unspecified atom stereocenters. The van der Waals surface area contributed by atoms with Crippen LogP contribution in [0.25, 0.3) is 0 Å². The maximum Gasteiger partial charge on any atom is 0.142 e. The van der Waals surface area contributed by atoms with Crippen molar-refractivity contribution in [3.8, 4) is 5.75 Å². The lowest BCUT2D eigenvalue weighted by Gasteiger charge is -2.13. The lowest BCUT2D eigenvalue weighted by atomic mass is 10.3. The fourth-order valence-electron chi connectivity index (χ4n) is 1.04. The smallest absolute Gasteiger partial charge is 0.142 e. The predicted octanol–water partition coefficient (Wildman–Crippen LogP) is 3.08. The number of alkyl halides is 1. The Hall–Kier alpha value is -0.890. The topological polar surface area (TPSA) is 21.3 Å². The van der Waals surface area contributed by atoms with E-state index >= 15 is 0 Å². The van der Waals surface area contributed by atoms with E-state index in [9.17, 15) is 0 Å². The van der Waals surface area contributed by atoms with Gasteiger partial charge in [0.15, 0.2) is 0 Å². The minimum Gasteiger partial charge on any atom is -0.489 e. The van der Waals surface area contributed by atoms with Gasteiger partial charge in [0.2, 0.25) is 0 Å². The number of halogens is 1. The first-order chi connectivity index (χ1) is 6.24. The van der Waals surface area contributed by atoms with Crippen LogP contribution >= 0.6 is 11.6 Å². The summed E-state index contributed by atoms with van der Waals surface area (Å²) < 4.78 is 5.58. The van der Waals surface area contributed by atoms with Crippen LogP contribution in [-0.4, -0.2) is 12.1 Å². The molecule has 0 saturated carbocycles. The SMILES string of the molecule is CC(C)Oc1ccccc1NCCl. The second kappa shape index (κ2) is 4.97. The Bertz CT molecular complexity index is 263. The van der Waals surface area contributed by atoms with Crippen LogP contribution in [0.15, 0.2) is 24.3 Å². The van der Waals surface area contributed by atoms with Gasteiger partial charge in [-0.2, -0.15) is 0 Å². The lowest BCUT2D eigenvalue weighted by molar-refractivity contribution is 0.243. The van der Waals surface area contributed by atoms with Crippen molar-refractivity contribution in [1.29, 1.82) is 0 Å². The van der Waals surface area contributed by atoms with E-state index in [0.717, 1.165) is 11.4 Å². The van der Waals surface area contributed by atoms with Gasteiger partial charge in [-0.1, -0.05) is 12.1 Å². The zero-order valence-electron chi connectivity index (χ0n) is 7.88. The molecule has 72 valence electrons. The highest BCUT2D eigenvalue weighted by molar-refractivity contribution is 6.18. The molecule has 0 fully saturated rings. The van der Waals surface area contributed by atoms with Crippen molar-refractivity contribution in [3.63, 3.8) is 0 Å². The van der Waals surface area contributed by atoms with Crippen LogP contribution in [0.4, 0.5) is 5.69 Å². The largest absolute Gasteiger partial charge is 0.489 e. The van der Waals surface area contributed by atoms with Crippen molar-refractivity contribution in [2.24, 2.45) is 0 Å². The fourth-order valence-corrected chi connectivity index (χ4v) is 1.19. The minimum absolute atomic E-state index is 0.179. The molecule has 1 aromatic carbocycles. The van der Waals surface area contributed by atoms with Crippen LogP contribution in [0.3, 0.4) is 0 Å². The quantitative estimate of drug-likeness (QED) is 0.595. The van der Waals surface area contributed by atoms with E-state index in [1.54, 1.807) is 0 Å². The Labute approximate surface area is 83.9 Å². The summed E-state index contributed by atoms with van der Waals surface area (Å²) in [6, 6.07) is 8.15. The van der Waals surface area contributed by atoms with Gasteiger partial charge in [0.1, 0.15) is 5.75 Å². The second-order valence-corrected chi connectivity index (χ2v) is 3.24. The number of ether oxygens (including phenoxy) is 1. The molecule has 0 amide bonds. The van der Waals surface area contributed by atoms with E-state index in [2.05, 4.69) is 5.32 Å². The molecular formula is C10H14ClNO. The standard InChI is InChI=1S/C10H14ClNO/c1-8(2)13-10-6-4-3-5-9(10)12-7-11/h3-6,8,12H,7H2,1-2H3. The van der Waals surface area contributed by atoms with Crippen molar-refractivity contribution >= 4 is 17.3 Å². The number of hydrogen-bond acceptors (Lipinski definition) is 2. The molecule has 0 aromatic heterocycles. The first-order valence-corrected chi connectivity index (χ1v) is 4.83. The Kier molecular flexibility index (Phi) is 3.90. The molecule has 0 bridgehead atoms. The molecule has 2 nitrogen and oxygen atoms in total. The van der Waals surface area contributed by atoms with Gasteiger partial charge in [-0.05, 0) is 26.0 Å². The predicted molar refractivity (Wildman–Crippen MR) is 56.5 cm³/mol. The summed E-state index contributed by atoms with van der Waals surface area (Å²) in [6.07, 6.45) is 0.179. The second-order valence-electron chi connectivity index (χ2n) is 2.97. The van der Waals surface area contributed by atoms with Crippen molar-refractivity contribution in [2.45, 2.75) is 20.0 Å². The van der Waals surface area contributed by atoms with Gasteiger partial charge in [0.05, 0.1) is 17.8 Å². The zero-order valence-corrected chi connectivity index (χ0v) is 8.64. The summed E-state index contributed by atoms with van der Waals surface area (Å²) in [6.45, 7) is 3.99. The Morgan fingerprint density at radius 1 is 1.38 bits per heavy atom.